The van der Waals surface area contributed by atoms with Crippen LogP contribution in [0.25, 0.3) is 0 Å². The Morgan fingerprint density at radius 1 is 1.18 bits per heavy atom. The van der Waals surface area contributed by atoms with Crippen molar-refractivity contribution >= 4 is 17.3 Å². The lowest BCUT2D eigenvalue weighted by atomic mass is 9.81. The zero-order valence-electron chi connectivity index (χ0n) is 13.6. The molecule has 2 aliphatic rings. The van der Waals surface area contributed by atoms with Crippen LogP contribution in [0.3, 0.4) is 0 Å². The minimum atomic E-state index is 0.532. The number of fused-ring (bicyclic) bond motifs is 2. The molecule has 0 aromatic heterocycles. The first-order chi connectivity index (χ1) is 10.7. The second kappa shape index (κ2) is 6.97. The lowest BCUT2D eigenvalue weighted by Crippen LogP contribution is -2.57. The van der Waals surface area contributed by atoms with Crippen molar-refractivity contribution in [1.29, 1.82) is 0 Å². The third-order valence-corrected chi connectivity index (χ3v) is 5.50. The Morgan fingerprint density at radius 2 is 1.82 bits per heavy atom. The van der Waals surface area contributed by atoms with E-state index < -0.39 is 0 Å². The van der Waals surface area contributed by atoms with Gasteiger partial charge >= 0.3 is 0 Å². The van der Waals surface area contributed by atoms with E-state index in [0.717, 1.165) is 11.7 Å². The highest BCUT2D eigenvalue weighted by molar-refractivity contribution is 7.80. The van der Waals surface area contributed by atoms with Gasteiger partial charge in [0.1, 0.15) is 0 Å². The second-order valence-corrected chi connectivity index (χ2v) is 7.20. The maximum Gasteiger partial charge on any atom is 0.166 e. The summed E-state index contributed by atoms with van der Waals surface area (Å²) in [5.74, 6) is 0. The van der Waals surface area contributed by atoms with E-state index in [1.54, 1.807) is 0 Å². The molecule has 4 heteroatoms. The molecule has 0 saturated carbocycles. The van der Waals surface area contributed by atoms with Crippen LogP contribution in [0.2, 0.25) is 0 Å². The van der Waals surface area contributed by atoms with Crippen LogP contribution < -0.4 is 10.6 Å². The minimum absolute atomic E-state index is 0.532. The van der Waals surface area contributed by atoms with Crippen LogP contribution in [0.1, 0.15) is 43.2 Å². The van der Waals surface area contributed by atoms with E-state index in [1.807, 2.05) is 7.05 Å². The summed E-state index contributed by atoms with van der Waals surface area (Å²) in [4.78, 5) is 2.74. The number of rotatable bonds is 3. The second-order valence-electron chi connectivity index (χ2n) is 6.79. The molecular formula is C18H27N3S. The van der Waals surface area contributed by atoms with Gasteiger partial charge in [-0.15, -0.1) is 0 Å². The topological polar surface area (TPSA) is 27.3 Å². The van der Waals surface area contributed by atoms with Gasteiger partial charge in [0, 0.05) is 31.7 Å². The quantitative estimate of drug-likeness (QED) is 0.838. The number of benzene rings is 1. The normalized spacial score (nSPS) is 28.2. The van der Waals surface area contributed by atoms with E-state index in [-0.39, 0.29) is 0 Å². The van der Waals surface area contributed by atoms with Gasteiger partial charge in [0.25, 0.3) is 0 Å². The SMILES string of the molecule is CNC(=S)NC1C[C@H]2CCC[C@H](C1)N2Cc1ccc(C)cc1. The lowest BCUT2D eigenvalue weighted by Gasteiger charge is -2.49. The van der Waals surface area contributed by atoms with Crippen LogP contribution in [0, 0.1) is 6.92 Å². The van der Waals surface area contributed by atoms with Crippen LogP contribution in [-0.4, -0.2) is 35.2 Å². The molecule has 2 N–H and O–H groups in total. The largest absolute Gasteiger partial charge is 0.366 e. The Balaban J connectivity index is 1.66. The van der Waals surface area contributed by atoms with E-state index >= 15 is 0 Å². The van der Waals surface area contributed by atoms with Crippen LogP contribution in [-0.2, 0) is 6.54 Å². The van der Waals surface area contributed by atoms with Gasteiger partial charge in [0.05, 0.1) is 0 Å². The lowest BCUT2D eigenvalue weighted by molar-refractivity contribution is 0.0210. The summed E-state index contributed by atoms with van der Waals surface area (Å²) in [6.07, 6.45) is 6.46. The van der Waals surface area contributed by atoms with Crippen LogP contribution in [0.15, 0.2) is 24.3 Å². The highest BCUT2D eigenvalue weighted by Crippen LogP contribution is 2.35. The number of nitrogens with one attached hydrogen (secondary N) is 2. The van der Waals surface area contributed by atoms with Gasteiger partial charge in [-0.05, 0) is 50.4 Å². The number of nitrogens with zero attached hydrogens (tertiary/aromatic N) is 1. The molecule has 2 fully saturated rings. The van der Waals surface area contributed by atoms with Gasteiger partial charge in [-0.2, -0.15) is 0 Å². The fourth-order valence-electron chi connectivity index (χ4n) is 4.02. The van der Waals surface area contributed by atoms with E-state index in [0.29, 0.717) is 18.1 Å². The standard InChI is InChI=1S/C18H27N3S/c1-13-6-8-14(9-7-13)12-21-16-4-3-5-17(21)11-15(10-16)20-18(22)19-2/h6-9,15-17H,3-5,10-12H2,1-2H3,(H2,19,20,22)/t16-,17-/m1/s1. The summed E-state index contributed by atoms with van der Waals surface area (Å²) in [5, 5.41) is 7.31. The Hall–Kier alpha value is -1.13. The molecule has 2 saturated heterocycles. The van der Waals surface area contributed by atoms with Crippen molar-refractivity contribution in [3.8, 4) is 0 Å². The van der Waals surface area contributed by atoms with Crippen molar-refractivity contribution in [1.82, 2.24) is 15.5 Å². The molecule has 3 nitrogen and oxygen atoms in total. The van der Waals surface area contributed by atoms with Crippen LogP contribution >= 0.6 is 12.2 Å². The molecule has 2 heterocycles. The molecule has 0 unspecified atom stereocenters. The van der Waals surface area contributed by atoms with E-state index in [9.17, 15) is 0 Å². The average Bonchev–Trinajstić information content (AvgIpc) is 2.50. The van der Waals surface area contributed by atoms with Gasteiger partial charge in [-0.25, -0.2) is 0 Å². The molecule has 0 aliphatic carbocycles. The van der Waals surface area contributed by atoms with Gasteiger partial charge in [0.2, 0.25) is 0 Å². The third kappa shape index (κ3) is 3.61. The number of hydrogen-bond acceptors (Lipinski definition) is 2. The summed E-state index contributed by atoms with van der Waals surface area (Å²) in [7, 11) is 1.89. The Kier molecular flexibility index (Phi) is 4.99. The Morgan fingerprint density at radius 3 is 2.41 bits per heavy atom. The first kappa shape index (κ1) is 15.8. The maximum absolute atomic E-state index is 5.28. The predicted octanol–water partition coefficient (Wildman–Crippen LogP) is 2.97. The zero-order chi connectivity index (χ0) is 15.5. The van der Waals surface area contributed by atoms with Gasteiger partial charge in [0.15, 0.2) is 5.11 Å². The van der Waals surface area contributed by atoms with Crippen molar-refractivity contribution in [3.05, 3.63) is 35.4 Å². The smallest absolute Gasteiger partial charge is 0.166 e. The highest BCUT2D eigenvalue weighted by Gasteiger charge is 2.38. The molecule has 2 bridgehead atoms. The molecule has 22 heavy (non-hydrogen) atoms. The molecule has 1 aromatic carbocycles. The molecular weight excluding hydrogens is 290 g/mol. The molecule has 1 aromatic rings. The maximum atomic E-state index is 5.28. The van der Waals surface area contributed by atoms with Crippen molar-refractivity contribution < 1.29 is 0 Å². The summed E-state index contributed by atoms with van der Waals surface area (Å²) >= 11 is 5.28. The zero-order valence-corrected chi connectivity index (χ0v) is 14.5. The Bertz CT molecular complexity index is 500. The summed E-state index contributed by atoms with van der Waals surface area (Å²) < 4.78 is 0. The number of thiocarbonyl (C=S) groups is 1. The molecule has 0 spiro atoms. The van der Waals surface area contributed by atoms with Crippen LogP contribution in [0.4, 0.5) is 0 Å². The van der Waals surface area contributed by atoms with Gasteiger partial charge < -0.3 is 10.6 Å². The highest BCUT2D eigenvalue weighted by atomic mass is 32.1. The fraction of sp³-hybridized carbons (Fsp3) is 0.611. The summed E-state index contributed by atoms with van der Waals surface area (Å²) in [6, 6.07) is 11.0. The molecule has 120 valence electrons. The molecule has 2 atom stereocenters. The van der Waals surface area contributed by atoms with E-state index in [2.05, 4.69) is 46.7 Å². The van der Waals surface area contributed by atoms with E-state index in [1.165, 1.54) is 43.2 Å². The summed E-state index contributed by atoms with van der Waals surface area (Å²) in [6.45, 7) is 3.25. The van der Waals surface area contributed by atoms with Crippen molar-refractivity contribution in [2.75, 3.05) is 7.05 Å². The van der Waals surface area contributed by atoms with Crippen molar-refractivity contribution in [2.45, 2.75) is 63.7 Å². The third-order valence-electron chi connectivity index (χ3n) is 5.17. The van der Waals surface area contributed by atoms with Gasteiger partial charge in [-0.3, -0.25) is 4.90 Å². The Labute approximate surface area is 139 Å². The summed E-state index contributed by atoms with van der Waals surface area (Å²) in [5.41, 5.74) is 2.78. The monoisotopic (exact) mass is 317 g/mol. The molecule has 0 radical (unpaired) electrons. The average molecular weight is 318 g/mol. The minimum Gasteiger partial charge on any atom is -0.366 e. The first-order valence-electron chi connectivity index (χ1n) is 8.45. The molecule has 0 amide bonds. The first-order valence-corrected chi connectivity index (χ1v) is 8.86. The number of aryl methyl sites for hydroxylation is 1. The van der Waals surface area contributed by atoms with Gasteiger partial charge in [-0.1, -0.05) is 36.2 Å². The number of hydrogen-bond donors (Lipinski definition) is 2. The van der Waals surface area contributed by atoms with Crippen molar-refractivity contribution in [2.24, 2.45) is 0 Å². The molecule has 2 aliphatic heterocycles. The molecule has 3 rings (SSSR count). The van der Waals surface area contributed by atoms with Crippen molar-refractivity contribution in [3.63, 3.8) is 0 Å². The predicted molar refractivity (Wildman–Crippen MR) is 96.0 cm³/mol. The van der Waals surface area contributed by atoms with E-state index in [4.69, 9.17) is 12.2 Å². The fourth-order valence-corrected chi connectivity index (χ4v) is 4.18. The number of piperidine rings is 2. The van der Waals surface area contributed by atoms with Crippen LogP contribution in [0.5, 0.6) is 0 Å².